The molecule has 1 atom stereocenters. The Morgan fingerprint density at radius 1 is 1.22 bits per heavy atom. The first-order valence-corrected chi connectivity index (χ1v) is 7.45. The lowest BCUT2D eigenvalue weighted by molar-refractivity contribution is -0.114. The summed E-state index contributed by atoms with van der Waals surface area (Å²) in [5.74, 6) is -2.19. The fourth-order valence-electron chi connectivity index (χ4n) is 2.65. The lowest BCUT2D eigenvalue weighted by Gasteiger charge is -2.24. The zero-order chi connectivity index (χ0) is 16.6. The molecule has 0 aliphatic carbocycles. The molecule has 1 fully saturated rings. The topological polar surface area (TPSA) is 49.9 Å². The highest BCUT2D eigenvalue weighted by atomic mass is 19.2. The van der Waals surface area contributed by atoms with Crippen molar-refractivity contribution in [1.82, 2.24) is 0 Å². The van der Waals surface area contributed by atoms with Gasteiger partial charge in [-0.1, -0.05) is 6.92 Å². The molecule has 23 heavy (non-hydrogen) atoms. The van der Waals surface area contributed by atoms with E-state index in [0.29, 0.717) is 6.42 Å². The van der Waals surface area contributed by atoms with Gasteiger partial charge in [-0.05, 0) is 24.6 Å². The van der Waals surface area contributed by atoms with Gasteiger partial charge in [0.1, 0.15) is 6.10 Å². The zero-order valence-corrected chi connectivity index (χ0v) is 12.6. The van der Waals surface area contributed by atoms with E-state index in [0.717, 1.165) is 4.90 Å². The molecule has 2 aliphatic heterocycles. The predicted molar refractivity (Wildman–Crippen MR) is 80.4 cm³/mol. The molecule has 7 heteroatoms. The highest BCUT2D eigenvalue weighted by molar-refractivity contribution is 5.92. The number of cyclic esters (lactones) is 1. The first-order valence-electron chi connectivity index (χ1n) is 7.45. The molecular formula is C16H16F2N2O3. The molecule has 0 radical (unpaired) electrons. The minimum absolute atomic E-state index is 0.0367. The van der Waals surface area contributed by atoms with Gasteiger partial charge in [-0.3, -0.25) is 9.69 Å². The first-order chi connectivity index (χ1) is 11.0. The Balaban J connectivity index is 1.91. The van der Waals surface area contributed by atoms with Crippen LogP contribution in [-0.4, -0.2) is 31.1 Å². The summed E-state index contributed by atoms with van der Waals surface area (Å²) < 4.78 is 33.9. The quantitative estimate of drug-likeness (QED) is 0.858. The van der Waals surface area contributed by atoms with Crippen LogP contribution in [0.15, 0.2) is 24.4 Å². The number of nitrogens with zero attached hydrogens (tertiary/aromatic N) is 2. The number of carbonyl (C=O) groups is 2. The van der Waals surface area contributed by atoms with Crippen molar-refractivity contribution < 1.29 is 23.1 Å². The van der Waals surface area contributed by atoms with Crippen LogP contribution in [0.25, 0.3) is 0 Å². The standard InChI is InChI=1S/C16H16F2N2O3/c1-2-11-9-20(16(22)23-11)13-4-3-12(14(17)15(13)18)19-7-5-10(21)6-8-19/h3-5,7,11H,2,6,8-9H2,1H3. The van der Waals surface area contributed by atoms with Crippen molar-refractivity contribution >= 4 is 23.3 Å². The second kappa shape index (κ2) is 5.98. The molecule has 1 aromatic carbocycles. The number of ketones is 1. The second-order valence-electron chi connectivity index (χ2n) is 5.48. The molecule has 1 aromatic rings. The largest absolute Gasteiger partial charge is 0.444 e. The highest BCUT2D eigenvalue weighted by Gasteiger charge is 2.34. The van der Waals surface area contributed by atoms with Crippen LogP contribution in [0.5, 0.6) is 0 Å². The van der Waals surface area contributed by atoms with Crippen molar-refractivity contribution in [1.29, 1.82) is 0 Å². The monoisotopic (exact) mass is 322 g/mol. The second-order valence-corrected chi connectivity index (χ2v) is 5.48. The maximum atomic E-state index is 14.4. The Kier molecular flexibility index (Phi) is 4.02. The van der Waals surface area contributed by atoms with Crippen LogP contribution >= 0.6 is 0 Å². The molecule has 3 rings (SSSR count). The summed E-state index contributed by atoms with van der Waals surface area (Å²) in [6.45, 7) is 2.34. The summed E-state index contributed by atoms with van der Waals surface area (Å²) in [5, 5.41) is 0. The molecule has 0 aromatic heterocycles. The van der Waals surface area contributed by atoms with Gasteiger partial charge in [0.15, 0.2) is 17.4 Å². The van der Waals surface area contributed by atoms with Gasteiger partial charge < -0.3 is 9.64 Å². The summed E-state index contributed by atoms with van der Waals surface area (Å²) >= 11 is 0. The van der Waals surface area contributed by atoms with Crippen LogP contribution in [0.1, 0.15) is 19.8 Å². The van der Waals surface area contributed by atoms with E-state index in [1.807, 2.05) is 6.92 Å². The van der Waals surface area contributed by atoms with Gasteiger partial charge in [0, 0.05) is 19.2 Å². The summed E-state index contributed by atoms with van der Waals surface area (Å²) in [4.78, 5) is 25.5. The number of halogens is 2. The van der Waals surface area contributed by atoms with Gasteiger partial charge in [-0.15, -0.1) is 0 Å². The van der Waals surface area contributed by atoms with E-state index in [4.69, 9.17) is 4.74 Å². The molecular weight excluding hydrogens is 306 g/mol. The van der Waals surface area contributed by atoms with Gasteiger partial charge in [0.2, 0.25) is 0 Å². The third-order valence-electron chi connectivity index (χ3n) is 4.01. The van der Waals surface area contributed by atoms with Gasteiger partial charge >= 0.3 is 6.09 Å². The first kappa shape index (κ1) is 15.5. The fourth-order valence-corrected chi connectivity index (χ4v) is 2.65. The number of anilines is 2. The molecule has 0 spiro atoms. The third kappa shape index (κ3) is 2.78. The van der Waals surface area contributed by atoms with Crippen LogP contribution in [0.3, 0.4) is 0 Å². The van der Waals surface area contributed by atoms with E-state index < -0.39 is 17.7 Å². The molecule has 1 amide bonds. The summed E-state index contributed by atoms with van der Waals surface area (Å²) in [5.41, 5.74) is -0.0983. The molecule has 1 saturated heterocycles. The molecule has 5 nitrogen and oxygen atoms in total. The lowest BCUT2D eigenvalue weighted by atomic mass is 10.1. The molecule has 2 heterocycles. The van der Waals surface area contributed by atoms with Crippen LogP contribution in [0.4, 0.5) is 25.0 Å². The third-order valence-corrected chi connectivity index (χ3v) is 4.01. The van der Waals surface area contributed by atoms with E-state index in [2.05, 4.69) is 0 Å². The SMILES string of the molecule is CCC1CN(c2ccc(N3C=CC(=O)CC3)c(F)c2F)C(=O)O1. The number of amides is 1. The Morgan fingerprint density at radius 2 is 1.91 bits per heavy atom. The van der Waals surface area contributed by atoms with Crippen molar-refractivity contribution in [3.8, 4) is 0 Å². The average Bonchev–Trinajstić information content (AvgIpc) is 2.92. The zero-order valence-electron chi connectivity index (χ0n) is 12.6. The lowest BCUT2D eigenvalue weighted by Crippen LogP contribution is -2.28. The highest BCUT2D eigenvalue weighted by Crippen LogP contribution is 2.32. The van der Waals surface area contributed by atoms with Crippen LogP contribution in [0.2, 0.25) is 0 Å². The number of carbonyl (C=O) groups excluding carboxylic acids is 2. The predicted octanol–water partition coefficient (Wildman–Crippen LogP) is 2.99. The molecule has 0 bridgehead atoms. The van der Waals surface area contributed by atoms with Crippen molar-refractivity contribution in [3.63, 3.8) is 0 Å². The number of rotatable bonds is 3. The van der Waals surface area contributed by atoms with E-state index in [-0.39, 0.29) is 42.8 Å². The fraction of sp³-hybridized carbons (Fsp3) is 0.375. The van der Waals surface area contributed by atoms with Gasteiger partial charge in [0.25, 0.3) is 0 Å². The minimum atomic E-state index is -1.10. The van der Waals surface area contributed by atoms with Crippen LogP contribution in [-0.2, 0) is 9.53 Å². The van der Waals surface area contributed by atoms with Crippen molar-refractivity contribution in [3.05, 3.63) is 36.0 Å². The Bertz CT molecular complexity index is 690. The van der Waals surface area contributed by atoms with E-state index in [1.165, 1.54) is 29.3 Å². The van der Waals surface area contributed by atoms with Crippen molar-refractivity contribution in [2.75, 3.05) is 22.9 Å². The summed E-state index contributed by atoms with van der Waals surface area (Å²) in [6.07, 6.45) is 2.62. The molecule has 1 unspecified atom stereocenters. The van der Waals surface area contributed by atoms with Gasteiger partial charge in [-0.2, -0.15) is 0 Å². The number of hydrogen-bond donors (Lipinski definition) is 0. The molecule has 2 aliphatic rings. The van der Waals surface area contributed by atoms with Crippen molar-refractivity contribution in [2.24, 2.45) is 0 Å². The molecule has 122 valence electrons. The van der Waals surface area contributed by atoms with Gasteiger partial charge in [-0.25, -0.2) is 13.6 Å². The maximum Gasteiger partial charge on any atom is 0.414 e. The van der Waals surface area contributed by atoms with Gasteiger partial charge in [0.05, 0.1) is 17.9 Å². The Hall–Kier alpha value is -2.44. The van der Waals surface area contributed by atoms with E-state index >= 15 is 0 Å². The number of ether oxygens (including phenoxy) is 1. The normalized spacial score (nSPS) is 21.1. The summed E-state index contributed by atoms with van der Waals surface area (Å²) in [7, 11) is 0. The molecule has 0 saturated carbocycles. The number of allylic oxidation sites excluding steroid dienone is 1. The number of benzene rings is 1. The van der Waals surface area contributed by atoms with Crippen molar-refractivity contribution in [2.45, 2.75) is 25.9 Å². The smallest absolute Gasteiger partial charge is 0.414 e. The Labute approximate surface area is 132 Å². The molecule has 0 N–H and O–H groups in total. The maximum absolute atomic E-state index is 14.4. The Morgan fingerprint density at radius 3 is 2.52 bits per heavy atom. The average molecular weight is 322 g/mol. The van der Waals surface area contributed by atoms with Crippen LogP contribution < -0.4 is 9.80 Å². The number of hydrogen-bond acceptors (Lipinski definition) is 4. The van der Waals surface area contributed by atoms with E-state index in [1.54, 1.807) is 0 Å². The van der Waals surface area contributed by atoms with Crippen LogP contribution in [0, 0.1) is 11.6 Å². The van der Waals surface area contributed by atoms with E-state index in [9.17, 15) is 18.4 Å². The summed E-state index contributed by atoms with van der Waals surface area (Å²) in [6, 6.07) is 2.76. The minimum Gasteiger partial charge on any atom is -0.444 e.